The molecule has 1 aliphatic rings. The van der Waals surface area contributed by atoms with Crippen LogP contribution in [0.2, 0.25) is 0 Å². The predicted octanol–water partition coefficient (Wildman–Crippen LogP) is 5.19. The molecule has 0 aliphatic carbocycles. The zero-order valence-corrected chi connectivity index (χ0v) is 23.6. The van der Waals surface area contributed by atoms with Gasteiger partial charge in [-0.3, -0.25) is 9.63 Å². The molecule has 1 aliphatic heterocycles. The maximum Gasteiger partial charge on any atom is 0.416 e. The Bertz CT molecular complexity index is 1550. The Balaban J connectivity index is 1.24. The van der Waals surface area contributed by atoms with Crippen molar-refractivity contribution in [1.82, 2.24) is 15.4 Å². The van der Waals surface area contributed by atoms with Crippen molar-refractivity contribution in [3.8, 4) is 0 Å². The Hall–Kier alpha value is -3.96. The normalized spacial score (nSPS) is 20.2. The van der Waals surface area contributed by atoms with Gasteiger partial charge < -0.3 is 20.5 Å². The summed E-state index contributed by atoms with van der Waals surface area (Å²) >= 11 is 0. The number of aliphatic hydroxyl groups is 2. The van der Waals surface area contributed by atoms with Crippen LogP contribution in [0.25, 0.3) is 23.1 Å². The molecule has 0 radical (unpaired) electrons. The Kier molecular flexibility index (Phi) is 9.31. The van der Waals surface area contributed by atoms with E-state index in [9.17, 15) is 28.2 Å². The van der Waals surface area contributed by atoms with Crippen LogP contribution in [0.15, 0.2) is 79.0 Å². The number of aromatic amines is 1. The number of hydroxylamine groups is 2. The van der Waals surface area contributed by atoms with Crippen LogP contribution in [-0.4, -0.2) is 57.6 Å². The van der Waals surface area contributed by atoms with Gasteiger partial charge in [-0.25, -0.2) is 0 Å². The number of alkyl halides is 3. The van der Waals surface area contributed by atoms with Crippen molar-refractivity contribution in [2.24, 2.45) is 5.92 Å². The number of hydrogen-bond acceptors (Lipinski definition) is 5. The molecule has 1 aromatic heterocycles. The van der Waals surface area contributed by atoms with Crippen LogP contribution in [0.3, 0.4) is 0 Å². The molecule has 7 nitrogen and oxygen atoms in total. The summed E-state index contributed by atoms with van der Waals surface area (Å²) in [6, 6.07) is 19.5. The molecule has 10 heteroatoms. The number of hydrogen-bond donors (Lipinski definition) is 4. The Morgan fingerprint density at radius 2 is 1.70 bits per heavy atom. The van der Waals surface area contributed by atoms with E-state index in [1.807, 2.05) is 54.7 Å². The fourth-order valence-electron chi connectivity index (χ4n) is 5.46. The first-order valence-electron chi connectivity index (χ1n) is 14.1. The lowest BCUT2D eigenvalue weighted by Gasteiger charge is -2.24. The van der Waals surface area contributed by atoms with Gasteiger partial charge >= 0.3 is 6.18 Å². The first-order valence-corrected chi connectivity index (χ1v) is 14.1. The second kappa shape index (κ2) is 13.1. The maximum absolute atomic E-state index is 13.4. The molecule has 43 heavy (non-hydrogen) atoms. The smallest absolute Gasteiger partial charge is 0.396 e. The molecule has 2 heterocycles. The number of aliphatic hydroxyl groups excluding tert-OH is 2. The van der Waals surface area contributed by atoms with Crippen LogP contribution < -0.4 is 5.32 Å². The molecule has 1 fully saturated rings. The van der Waals surface area contributed by atoms with Crippen molar-refractivity contribution in [3.63, 3.8) is 0 Å². The number of para-hydroxylation sites is 1. The summed E-state index contributed by atoms with van der Waals surface area (Å²) in [7, 11) is 0. The van der Waals surface area contributed by atoms with Gasteiger partial charge in [-0.1, -0.05) is 66.7 Å². The van der Waals surface area contributed by atoms with E-state index < -0.39 is 35.9 Å². The Labute approximate surface area is 247 Å². The fourth-order valence-corrected chi connectivity index (χ4v) is 5.46. The van der Waals surface area contributed by atoms with Gasteiger partial charge in [0.2, 0.25) is 5.91 Å². The quantitative estimate of drug-likeness (QED) is 0.190. The lowest BCUT2D eigenvalue weighted by molar-refractivity contribution is -0.192. The third kappa shape index (κ3) is 7.17. The second-order valence-electron chi connectivity index (χ2n) is 10.8. The van der Waals surface area contributed by atoms with Crippen molar-refractivity contribution >= 4 is 29.0 Å². The minimum atomic E-state index is -4.37. The lowest BCUT2D eigenvalue weighted by Crippen LogP contribution is -2.48. The summed E-state index contributed by atoms with van der Waals surface area (Å²) in [4.78, 5) is 22.7. The molecule has 4 N–H and O–H groups in total. The van der Waals surface area contributed by atoms with Crippen molar-refractivity contribution in [2.45, 2.75) is 44.3 Å². The van der Waals surface area contributed by atoms with E-state index in [4.69, 9.17) is 4.84 Å². The highest BCUT2D eigenvalue weighted by molar-refractivity contribution is 5.84. The van der Waals surface area contributed by atoms with Crippen LogP contribution in [0.5, 0.6) is 0 Å². The summed E-state index contributed by atoms with van der Waals surface area (Å²) in [6.45, 7) is 1.87. The van der Waals surface area contributed by atoms with Crippen molar-refractivity contribution < 1.29 is 33.0 Å². The average molecular weight is 594 g/mol. The molecule has 1 amide bonds. The molecule has 0 unspecified atom stereocenters. The number of H-pyrrole nitrogens is 1. The van der Waals surface area contributed by atoms with E-state index >= 15 is 0 Å². The van der Waals surface area contributed by atoms with Gasteiger partial charge in [0.05, 0.1) is 24.8 Å². The zero-order valence-electron chi connectivity index (χ0n) is 23.6. The fraction of sp³-hybridized carbons (Fsp3) is 0.303. The maximum atomic E-state index is 13.4. The van der Waals surface area contributed by atoms with E-state index in [0.29, 0.717) is 18.5 Å². The van der Waals surface area contributed by atoms with E-state index in [1.54, 1.807) is 19.1 Å². The third-order valence-corrected chi connectivity index (χ3v) is 7.74. The van der Waals surface area contributed by atoms with Crippen LogP contribution in [0, 0.1) is 5.92 Å². The van der Waals surface area contributed by atoms with Gasteiger partial charge in [-0.2, -0.15) is 18.2 Å². The molecular formula is C33H34F3N3O4. The highest BCUT2D eigenvalue weighted by Crippen LogP contribution is 2.32. The van der Waals surface area contributed by atoms with Crippen molar-refractivity contribution in [2.75, 3.05) is 13.2 Å². The summed E-state index contributed by atoms with van der Waals surface area (Å²) in [5.41, 5.74) is 3.74. The van der Waals surface area contributed by atoms with E-state index in [1.165, 1.54) is 17.2 Å². The highest BCUT2D eigenvalue weighted by Gasteiger charge is 2.48. The number of carbonyl (C=O) groups excluding carboxylic acids is 1. The third-order valence-electron chi connectivity index (χ3n) is 7.74. The van der Waals surface area contributed by atoms with Crippen molar-refractivity contribution in [3.05, 3.63) is 107 Å². The van der Waals surface area contributed by atoms with Gasteiger partial charge in [0.1, 0.15) is 12.1 Å². The molecule has 0 saturated carbocycles. The molecule has 0 bridgehead atoms. The van der Waals surface area contributed by atoms with Gasteiger partial charge in [0.25, 0.3) is 0 Å². The molecule has 3 aromatic carbocycles. The SMILES string of the molecule is C[C@H](O)[C@@H]1ON(Cc2ccc(/C=C/c3ccc(C(F)(F)F)cc3)cc2)[C@H](C(=O)NCCc2c[nH]c3ccccc23)[C@@H]1CO. The summed E-state index contributed by atoms with van der Waals surface area (Å²) in [6.07, 6.45) is 0.0593. The van der Waals surface area contributed by atoms with Crippen molar-refractivity contribution in [1.29, 1.82) is 0 Å². The Morgan fingerprint density at radius 1 is 1.05 bits per heavy atom. The minimum Gasteiger partial charge on any atom is -0.396 e. The molecule has 4 aromatic rings. The van der Waals surface area contributed by atoms with Gasteiger partial charge in [-0.05, 0) is 53.8 Å². The summed E-state index contributed by atoms with van der Waals surface area (Å²) in [5.74, 6) is -0.919. The number of aromatic nitrogens is 1. The molecular weight excluding hydrogens is 559 g/mol. The van der Waals surface area contributed by atoms with E-state index in [2.05, 4.69) is 10.3 Å². The summed E-state index contributed by atoms with van der Waals surface area (Å²) in [5, 5.41) is 26.1. The zero-order chi connectivity index (χ0) is 30.6. The van der Waals surface area contributed by atoms with Gasteiger partial charge in [0.15, 0.2) is 0 Å². The average Bonchev–Trinajstić information content (AvgIpc) is 3.58. The number of carbonyl (C=O) groups is 1. The molecule has 4 atom stereocenters. The molecule has 226 valence electrons. The Morgan fingerprint density at radius 3 is 2.33 bits per heavy atom. The van der Waals surface area contributed by atoms with Crippen LogP contribution in [-0.2, 0) is 28.8 Å². The van der Waals surface area contributed by atoms with Gasteiger partial charge in [0, 0.05) is 29.6 Å². The van der Waals surface area contributed by atoms with Crippen LogP contribution >= 0.6 is 0 Å². The number of fused-ring (bicyclic) bond motifs is 1. The van der Waals surface area contributed by atoms with Crippen LogP contribution in [0.4, 0.5) is 13.2 Å². The summed E-state index contributed by atoms with van der Waals surface area (Å²) < 4.78 is 38.4. The number of rotatable bonds is 10. The minimum absolute atomic E-state index is 0.239. The first-order chi connectivity index (χ1) is 20.6. The number of benzene rings is 3. The molecule has 5 rings (SSSR count). The monoisotopic (exact) mass is 593 g/mol. The number of nitrogens with one attached hydrogen (secondary N) is 2. The number of halogens is 3. The number of nitrogens with zero attached hydrogens (tertiary/aromatic N) is 1. The molecule has 0 spiro atoms. The highest BCUT2D eigenvalue weighted by atomic mass is 19.4. The van der Waals surface area contributed by atoms with E-state index in [0.717, 1.165) is 39.7 Å². The number of amides is 1. The van der Waals surface area contributed by atoms with Gasteiger partial charge in [-0.15, -0.1) is 0 Å². The van der Waals surface area contributed by atoms with Crippen LogP contribution in [0.1, 0.15) is 34.7 Å². The van der Waals surface area contributed by atoms with E-state index in [-0.39, 0.29) is 19.1 Å². The largest absolute Gasteiger partial charge is 0.416 e. The topological polar surface area (TPSA) is 97.8 Å². The first kappa shape index (κ1) is 30.5. The lowest BCUT2D eigenvalue weighted by atomic mass is 9.92. The molecule has 1 saturated heterocycles. The predicted molar refractivity (Wildman–Crippen MR) is 158 cm³/mol. The second-order valence-corrected chi connectivity index (χ2v) is 10.8. The standard InChI is InChI=1S/C33H34F3N3O4/c1-21(41)31-28(20-40)30(32(42)37-17-16-25-18-38-29-5-3-2-4-27(25)29)39(43-31)19-24-10-8-22(9-11-24)6-7-23-12-14-26(15-13-23)33(34,35)36/h2-15,18,21,28,30-31,38,40-41H,16-17,19-20H2,1H3,(H,37,42)/b7-6+/t21-,28-,30-,31-/m0/s1.